The highest BCUT2D eigenvalue weighted by Crippen LogP contribution is 2.45. The van der Waals surface area contributed by atoms with E-state index in [4.69, 9.17) is 0 Å². The summed E-state index contributed by atoms with van der Waals surface area (Å²) in [5.41, 5.74) is -2.30. The van der Waals surface area contributed by atoms with Gasteiger partial charge in [-0.05, 0) is 25.9 Å². The number of esters is 1. The van der Waals surface area contributed by atoms with E-state index in [1.807, 2.05) is 0 Å². The molecule has 14 heavy (non-hydrogen) atoms. The predicted molar refractivity (Wildman–Crippen MR) is 42.6 cm³/mol. The zero-order valence-electron chi connectivity index (χ0n) is 7.78. The van der Waals surface area contributed by atoms with Crippen LogP contribution in [0, 0.1) is 5.41 Å². The minimum Gasteiger partial charge on any atom is -0.468 e. The van der Waals surface area contributed by atoms with E-state index in [1.165, 1.54) is 0 Å². The summed E-state index contributed by atoms with van der Waals surface area (Å²) in [6.45, 7) is 0.378. The van der Waals surface area contributed by atoms with Gasteiger partial charge in [0.1, 0.15) is 0 Å². The number of alkyl halides is 3. The van der Waals surface area contributed by atoms with Gasteiger partial charge in [0, 0.05) is 0 Å². The first-order valence-electron chi connectivity index (χ1n) is 4.30. The van der Waals surface area contributed by atoms with E-state index in [9.17, 15) is 18.0 Å². The minimum absolute atomic E-state index is 0.189. The first kappa shape index (κ1) is 11.3. The molecule has 1 aliphatic heterocycles. The molecule has 1 aliphatic rings. The maximum Gasteiger partial charge on any atom is 0.405 e. The molecule has 0 unspecified atom stereocenters. The average molecular weight is 211 g/mol. The Balaban J connectivity index is 2.94. The van der Waals surface area contributed by atoms with Crippen LogP contribution >= 0.6 is 0 Å². The van der Waals surface area contributed by atoms with Crippen LogP contribution in [0.4, 0.5) is 13.2 Å². The monoisotopic (exact) mass is 211 g/mol. The molecule has 0 aromatic heterocycles. The average Bonchev–Trinajstić information content (AvgIpc) is 2.16. The number of hydrogen-bond acceptors (Lipinski definition) is 3. The Morgan fingerprint density at radius 2 is 1.86 bits per heavy atom. The number of hydrogen-bond donors (Lipinski definition) is 1. The third kappa shape index (κ3) is 1.70. The van der Waals surface area contributed by atoms with E-state index < -0.39 is 17.6 Å². The van der Waals surface area contributed by atoms with Crippen molar-refractivity contribution >= 4 is 5.97 Å². The van der Waals surface area contributed by atoms with Gasteiger partial charge in [-0.3, -0.25) is 4.79 Å². The van der Waals surface area contributed by atoms with Crippen molar-refractivity contribution in [3.8, 4) is 0 Å². The second kappa shape index (κ2) is 3.76. The largest absolute Gasteiger partial charge is 0.468 e. The first-order valence-corrected chi connectivity index (χ1v) is 4.30. The molecule has 1 fully saturated rings. The fourth-order valence-corrected chi connectivity index (χ4v) is 1.65. The maximum absolute atomic E-state index is 12.7. The van der Waals surface area contributed by atoms with Crippen LogP contribution in [0.1, 0.15) is 12.8 Å². The lowest BCUT2D eigenvalue weighted by atomic mass is 9.78. The van der Waals surface area contributed by atoms with E-state index in [1.54, 1.807) is 0 Å². The first-order chi connectivity index (χ1) is 6.44. The van der Waals surface area contributed by atoms with Gasteiger partial charge in [-0.25, -0.2) is 0 Å². The molecule has 3 nitrogen and oxygen atoms in total. The lowest BCUT2D eigenvalue weighted by Gasteiger charge is -2.36. The molecule has 1 N–H and O–H groups in total. The predicted octanol–water partition coefficient (Wildman–Crippen LogP) is 1.09. The summed E-state index contributed by atoms with van der Waals surface area (Å²) >= 11 is 0. The van der Waals surface area contributed by atoms with Crippen LogP contribution in [0.15, 0.2) is 0 Å². The van der Waals surface area contributed by atoms with Crippen molar-refractivity contribution in [1.82, 2.24) is 5.32 Å². The third-order valence-corrected chi connectivity index (χ3v) is 2.58. The maximum atomic E-state index is 12.7. The Labute approximate surface area is 79.6 Å². The van der Waals surface area contributed by atoms with Crippen molar-refractivity contribution in [2.24, 2.45) is 5.41 Å². The van der Waals surface area contributed by atoms with Crippen LogP contribution in [0.2, 0.25) is 0 Å². The number of nitrogens with one attached hydrogen (secondary N) is 1. The molecule has 6 heteroatoms. The van der Waals surface area contributed by atoms with Gasteiger partial charge < -0.3 is 10.1 Å². The van der Waals surface area contributed by atoms with Crippen molar-refractivity contribution in [3.63, 3.8) is 0 Å². The summed E-state index contributed by atoms with van der Waals surface area (Å²) in [5.74, 6) is -1.17. The fraction of sp³-hybridized carbons (Fsp3) is 0.875. The van der Waals surface area contributed by atoms with Gasteiger partial charge in [-0.1, -0.05) is 0 Å². The van der Waals surface area contributed by atoms with Crippen molar-refractivity contribution in [1.29, 1.82) is 0 Å². The number of piperidine rings is 1. The number of ether oxygens (including phenoxy) is 1. The molecule has 0 aliphatic carbocycles. The molecule has 0 aromatic carbocycles. The molecule has 82 valence electrons. The summed E-state index contributed by atoms with van der Waals surface area (Å²) in [6.07, 6.45) is -5.02. The minimum atomic E-state index is -4.53. The van der Waals surface area contributed by atoms with Crippen LogP contribution < -0.4 is 5.32 Å². The molecule has 0 atom stereocenters. The lowest BCUT2D eigenvalue weighted by Crippen LogP contribution is -2.52. The van der Waals surface area contributed by atoms with Gasteiger partial charge in [0.2, 0.25) is 0 Å². The van der Waals surface area contributed by atoms with Gasteiger partial charge in [0.25, 0.3) is 0 Å². The number of halogens is 3. The lowest BCUT2D eigenvalue weighted by molar-refractivity contribution is -0.239. The smallest absolute Gasteiger partial charge is 0.405 e. The number of methoxy groups -OCH3 is 1. The molecule has 0 radical (unpaired) electrons. The molecule has 0 saturated carbocycles. The highest BCUT2D eigenvalue weighted by atomic mass is 19.4. The summed E-state index contributed by atoms with van der Waals surface area (Å²) < 4.78 is 42.3. The van der Waals surface area contributed by atoms with Crippen molar-refractivity contribution < 1.29 is 22.7 Å². The van der Waals surface area contributed by atoms with E-state index in [-0.39, 0.29) is 25.9 Å². The standard InChI is InChI=1S/C8H12F3NO2/c1-14-6(13)7(8(9,10)11)2-4-12-5-3-7/h12H,2-5H2,1H3. The quantitative estimate of drug-likeness (QED) is 0.660. The SMILES string of the molecule is COC(=O)C1(C(F)(F)F)CCNCC1. The summed E-state index contributed by atoms with van der Waals surface area (Å²) in [4.78, 5) is 11.2. The molecular formula is C8H12F3NO2. The zero-order valence-corrected chi connectivity index (χ0v) is 7.78. The number of rotatable bonds is 1. The number of carbonyl (C=O) groups excluding carboxylic acids is 1. The van der Waals surface area contributed by atoms with Crippen LogP contribution in [-0.4, -0.2) is 32.3 Å². The van der Waals surface area contributed by atoms with Crippen molar-refractivity contribution in [2.45, 2.75) is 19.0 Å². The molecule has 0 aromatic rings. The molecule has 1 heterocycles. The fourth-order valence-electron chi connectivity index (χ4n) is 1.65. The Bertz CT molecular complexity index is 221. The molecular weight excluding hydrogens is 199 g/mol. The molecule has 0 amide bonds. The number of carbonyl (C=O) groups is 1. The molecule has 0 bridgehead atoms. The van der Waals surface area contributed by atoms with Gasteiger partial charge in [0.15, 0.2) is 5.41 Å². The van der Waals surface area contributed by atoms with E-state index in [2.05, 4.69) is 10.1 Å². The highest BCUT2D eigenvalue weighted by molar-refractivity contribution is 5.78. The Morgan fingerprint density at radius 1 is 1.36 bits per heavy atom. The zero-order chi connectivity index (χ0) is 10.8. The Kier molecular flexibility index (Phi) is 3.04. The van der Waals surface area contributed by atoms with E-state index in [0.717, 1.165) is 7.11 Å². The normalized spacial score (nSPS) is 21.7. The van der Waals surface area contributed by atoms with Crippen LogP contribution in [-0.2, 0) is 9.53 Å². The Morgan fingerprint density at radius 3 is 2.21 bits per heavy atom. The van der Waals surface area contributed by atoms with Crippen LogP contribution in [0.3, 0.4) is 0 Å². The van der Waals surface area contributed by atoms with Gasteiger partial charge >= 0.3 is 12.1 Å². The van der Waals surface area contributed by atoms with E-state index in [0.29, 0.717) is 0 Å². The van der Waals surface area contributed by atoms with Crippen LogP contribution in [0.5, 0.6) is 0 Å². The summed E-state index contributed by atoms with van der Waals surface area (Å²) in [7, 11) is 0.984. The Hall–Kier alpha value is -0.780. The van der Waals surface area contributed by atoms with Gasteiger partial charge in [-0.15, -0.1) is 0 Å². The van der Waals surface area contributed by atoms with Gasteiger partial charge in [0.05, 0.1) is 7.11 Å². The van der Waals surface area contributed by atoms with Gasteiger partial charge in [-0.2, -0.15) is 13.2 Å². The molecule has 1 rings (SSSR count). The highest BCUT2D eigenvalue weighted by Gasteiger charge is 2.61. The topological polar surface area (TPSA) is 38.3 Å². The van der Waals surface area contributed by atoms with Crippen molar-refractivity contribution in [2.75, 3.05) is 20.2 Å². The van der Waals surface area contributed by atoms with E-state index >= 15 is 0 Å². The summed E-state index contributed by atoms with van der Waals surface area (Å²) in [6, 6.07) is 0. The molecule has 0 spiro atoms. The molecule has 1 saturated heterocycles. The summed E-state index contributed by atoms with van der Waals surface area (Å²) in [5, 5.41) is 2.78. The second-order valence-electron chi connectivity index (χ2n) is 3.32. The second-order valence-corrected chi connectivity index (χ2v) is 3.32. The third-order valence-electron chi connectivity index (χ3n) is 2.58. The van der Waals surface area contributed by atoms with Crippen molar-refractivity contribution in [3.05, 3.63) is 0 Å². The van der Waals surface area contributed by atoms with Crippen LogP contribution in [0.25, 0.3) is 0 Å².